The van der Waals surface area contributed by atoms with Crippen LogP contribution in [0.15, 0.2) is 24.3 Å². The van der Waals surface area contributed by atoms with Gasteiger partial charge in [-0.1, -0.05) is 36.2 Å². The summed E-state index contributed by atoms with van der Waals surface area (Å²) in [6, 6.07) is 9.65. The molecule has 1 aromatic rings. The van der Waals surface area contributed by atoms with Crippen molar-refractivity contribution < 1.29 is 0 Å². The quantitative estimate of drug-likeness (QED) is 0.816. The van der Waals surface area contributed by atoms with Crippen LogP contribution < -0.4 is 5.32 Å². The van der Waals surface area contributed by atoms with Gasteiger partial charge < -0.3 is 5.32 Å². The minimum atomic E-state index is 0.805. The topological polar surface area (TPSA) is 12.0 Å². The van der Waals surface area contributed by atoms with Gasteiger partial charge >= 0.3 is 0 Å². The molecule has 3 atom stereocenters. The first-order valence-corrected chi connectivity index (χ1v) is 6.60. The number of hydrogen-bond donors (Lipinski definition) is 1. The smallest absolute Gasteiger partial charge is 0.0208 e. The van der Waals surface area contributed by atoms with Gasteiger partial charge in [-0.05, 0) is 43.6 Å². The van der Waals surface area contributed by atoms with E-state index in [0.717, 1.165) is 24.4 Å². The molecule has 0 saturated heterocycles. The molecular weight excluding hydrogens is 194 g/mol. The number of rotatable bonds is 3. The third-order valence-electron chi connectivity index (χ3n) is 4.39. The zero-order valence-electron chi connectivity index (χ0n) is 10.1. The van der Waals surface area contributed by atoms with Gasteiger partial charge in [0, 0.05) is 12.6 Å². The molecule has 2 bridgehead atoms. The van der Waals surface area contributed by atoms with E-state index in [4.69, 9.17) is 0 Å². The third kappa shape index (κ3) is 2.01. The average Bonchev–Trinajstić information content (AvgIpc) is 2.88. The molecule has 1 aromatic carbocycles. The van der Waals surface area contributed by atoms with Gasteiger partial charge in [-0.3, -0.25) is 0 Å². The van der Waals surface area contributed by atoms with Crippen LogP contribution in [0.1, 0.15) is 36.8 Å². The van der Waals surface area contributed by atoms with Gasteiger partial charge in [-0.25, -0.2) is 0 Å². The van der Waals surface area contributed by atoms with Crippen molar-refractivity contribution in [2.45, 2.75) is 45.2 Å². The van der Waals surface area contributed by atoms with Gasteiger partial charge in [0.15, 0.2) is 0 Å². The van der Waals surface area contributed by atoms with E-state index in [2.05, 4.69) is 36.5 Å². The summed E-state index contributed by atoms with van der Waals surface area (Å²) in [5, 5.41) is 3.76. The van der Waals surface area contributed by atoms with E-state index in [1.54, 1.807) is 0 Å². The number of aryl methyl sites for hydroxylation is 1. The van der Waals surface area contributed by atoms with Crippen LogP contribution in [0.5, 0.6) is 0 Å². The van der Waals surface area contributed by atoms with Crippen LogP contribution >= 0.6 is 0 Å². The summed E-state index contributed by atoms with van der Waals surface area (Å²) in [4.78, 5) is 0. The number of hydrogen-bond acceptors (Lipinski definition) is 1. The van der Waals surface area contributed by atoms with E-state index in [-0.39, 0.29) is 0 Å². The van der Waals surface area contributed by atoms with Crippen LogP contribution in [0.2, 0.25) is 0 Å². The lowest BCUT2D eigenvalue weighted by atomic mass is 9.95. The molecule has 0 spiro atoms. The van der Waals surface area contributed by atoms with Crippen molar-refractivity contribution in [1.82, 2.24) is 5.32 Å². The third-order valence-corrected chi connectivity index (χ3v) is 4.39. The van der Waals surface area contributed by atoms with Gasteiger partial charge in [-0.15, -0.1) is 0 Å². The first kappa shape index (κ1) is 10.3. The lowest BCUT2D eigenvalue weighted by Gasteiger charge is -2.23. The van der Waals surface area contributed by atoms with Crippen LogP contribution in [0.25, 0.3) is 0 Å². The van der Waals surface area contributed by atoms with Crippen molar-refractivity contribution >= 4 is 0 Å². The predicted molar refractivity (Wildman–Crippen MR) is 67.3 cm³/mol. The lowest BCUT2D eigenvalue weighted by molar-refractivity contribution is 0.350. The molecule has 1 heteroatoms. The maximum atomic E-state index is 3.76. The minimum absolute atomic E-state index is 0.805. The molecule has 0 radical (unpaired) electrons. The summed E-state index contributed by atoms with van der Waals surface area (Å²) < 4.78 is 0. The average molecular weight is 215 g/mol. The fourth-order valence-corrected chi connectivity index (χ4v) is 3.57. The summed E-state index contributed by atoms with van der Waals surface area (Å²) in [5.41, 5.74) is 2.80. The van der Waals surface area contributed by atoms with Crippen LogP contribution in [0.4, 0.5) is 0 Å². The van der Waals surface area contributed by atoms with E-state index in [1.165, 1.54) is 36.8 Å². The Labute approximate surface area is 98.3 Å². The first-order chi connectivity index (χ1) is 7.81. The van der Waals surface area contributed by atoms with E-state index in [0.29, 0.717) is 0 Å². The van der Waals surface area contributed by atoms with Gasteiger partial charge in [0.25, 0.3) is 0 Å². The number of fused-ring (bicyclic) bond motifs is 2. The van der Waals surface area contributed by atoms with E-state index < -0.39 is 0 Å². The SMILES string of the molecule is Cc1cccc(CNC2CC3CCC2C3)c1. The fraction of sp³-hybridized carbons (Fsp3) is 0.600. The Kier molecular flexibility index (Phi) is 2.72. The molecule has 0 amide bonds. The molecule has 2 fully saturated rings. The summed E-state index contributed by atoms with van der Waals surface area (Å²) in [5.74, 6) is 2.02. The second-order valence-electron chi connectivity index (χ2n) is 5.65. The maximum absolute atomic E-state index is 3.76. The Morgan fingerprint density at radius 2 is 2.19 bits per heavy atom. The summed E-state index contributed by atoms with van der Waals surface area (Å²) in [6.07, 6.45) is 5.88. The highest BCUT2D eigenvalue weighted by molar-refractivity contribution is 5.22. The molecular formula is C15H21N. The van der Waals surface area contributed by atoms with Crippen LogP contribution in [-0.2, 0) is 6.54 Å². The van der Waals surface area contributed by atoms with E-state index in [1.807, 2.05) is 0 Å². The van der Waals surface area contributed by atoms with Crippen molar-refractivity contribution in [2.75, 3.05) is 0 Å². The van der Waals surface area contributed by atoms with Gasteiger partial charge in [0.2, 0.25) is 0 Å². The normalized spacial score (nSPS) is 32.2. The molecule has 0 aliphatic heterocycles. The highest BCUT2D eigenvalue weighted by Crippen LogP contribution is 2.44. The standard InChI is InChI=1S/C15H21N/c1-11-3-2-4-13(7-11)10-16-15-9-12-5-6-14(15)8-12/h2-4,7,12,14-16H,5-6,8-10H2,1H3. The van der Waals surface area contributed by atoms with Crippen LogP contribution in [0, 0.1) is 18.8 Å². The van der Waals surface area contributed by atoms with Crippen molar-refractivity contribution in [3.63, 3.8) is 0 Å². The van der Waals surface area contributed by atoms with Crippen LogP contribution in [0.3, 0.4) is 0 Å². The molecule has 2 aliphatic rings. The molecule has 3 rings (SSSR count). The molecule has 0 heterocycles. The minimum Gasteiger partial charge on any atom is -0.310 e. The highest BCUT2D eigenvalue weighted by Gasteiger charge is 2.38. The Morgan fingerprint density at radius 3 is 2.88 bits per heavy atom. The molecule has 1 N–H and O–H groups in total. The molecule has 0 aromatic heterocycles. The molecule has 3 unspecified atom stereocenters. The monoisotopic (exact) mass is 215 g/mol. The van der Waals surface area contributed by atoms with Gasteiger partial charge in [0.1, 0.15) is 0 Å². The van der Waals surface area contributed by atoms with Gasteiger partial charge in [-0.2, -0.15) is 0 Å². The number of nitrogens with one attached hydrogen (secondary N) is 1. The molecule has 16 heavy (non-hydrogen) atoms. The van der Waals surface area contributed by atoms with Crippen molar-refractivity contribution in [3.8, 4) is 0 Å². The molecule has 1 nitrogen and oxygen atoms in total. The summed E-state index contributed by atoms with van der Waals surface area (Å²) in [7, 11) is 0. The van der Waals surface area contributed by atoms with Crippen molar-refractivity contribution in [2.24, 2.45) is 11.8 Å². The highest BCUT2D eigenvalue weighted by atomic mass is 14.9. The van der Waals surface area contributed by atoms with Gasteiger partial charge in [0.05, 0.1) is 0 Å². The molecule has 2 saturated carbocycles. The lowest BCUT2D eigenvalue weighted by Crippen LogP contribution is -2.33. The zero-order valence-corrected chi connectivity index (χ0v) is 10.1. The summed E-state index contributed by atoms with van der Waals surface area (Å²) >= 11 is 0. The maximum Gasteiger partial charge on any atom is 0.0208 e. The predicted octanol–water partition coefficient (Wildman–Crippen LogP) is 3.27. The second-order valence-corrected chi connectivity index (χ2v) is 5.65. The molecule has 2 aliphatic carbocycles. The van der Waals surface area contributed by atoms with E-state index in [9.17, 15) is 0 Å². The fourth-order valence-electron chi connectivity index (χ4n) is 3.57. The van der Waals surface area contributed by atoms with Crippen molar-refractivity contribution in [1.29, 1.82) is 0 Å². The molecule has 86 valence electrons. The van der Waals surface area contributed by atoms with E-state index >= 15 is 0 Å². The Morgan fingerprint density at radius 1 is 1.25 bits per heavy atom. The Balaban J connectivity index is 1.57. The largest absolute Gasteiger partial charge is 0.310 e. The zero-order chi connectivity index (χ0) is 11.0. The number of benzene rings is 1. The first-order valence-electron chi connectivity index (χ1n) is 6.60. The van der Waals surface area contributed by atoms with Crippen molar-refractivity contribution in [3.05, 3.63) is 35.4 Å². The Bertz CT molecular complexity index is 371. The van der Waals surface area contributed by atoms with Crippen LogP contribution in [-0.4, -0.2) is 6.04 Å². The summed E-state index contributed by atoms with van der Waals surface area (Å²) in [6.45, 7) is 3.22. The second kappa shape index (κ2) is 4.21. The Hall–Kier alpha value is -0.820.